The standard InChI is InChI=1S/C33H28O4/c1-2-21-11-13-22(14-12-21)33(23-15-17-31(36)27(19-23)25-7-3-5-9-29(25)34)24-16-18-32(37)28(20-24)26-8-4-6-10-30(26)35/h3-20,33-37H,2H2,1H3. The van der Waals surface area contributed by atoms with Gasteiger partial charge in [-0.15, -0.1) is 0 Å². The number of benzene rings is 5. The lowest BCUT2D eigenvalue weighted by molar-refractivity contribution is 0.468. The Hall–Kier alpha value is -4.70. The lowest BCUT2D eigenvalue weighted by Crippen LogP contribution is -2.04. The van der Waals surface area contributed by atoms with Crippen LogP contribution < -0.4 is 0 Å². The third kappa shape index (κ3) is 4.74. The summed E-state index contributed by atoms with van der Waals surface area (Å²) in [5.74, 6) is 0.0914. The van der Waals surface area contributed by atoms with Crippen LogP contribution in [0.1, 0.15) is 35.1 Å². The molecule has 5 aromatic carbocycles. The van der Waals surface area contributed by atoms with Crippen molar-refractivity contribution in [3.63, 3.8) is 0 Å². The topological polar surface area (TPSA) is 80.9 Å². The lowest BCUT2D eigenvalue weighted by Gasteiger charge is -2.22. The van der Waals surface area contributed by atoms with Crippen molar-refractivity contribution in [2.24, 2.45) is 0 Å². The molecular formula is C33H28O4. The first-order valence-corrected chi connectivity index (χ1v) is 12.3. The highest BCUT2D eigenvalue weighted by molar-refractivity contribution is 5.78. The summed E-state index contributed by atoms with van der Waals surface area (Å²) in [5.41, 5.74) is 6.24. The molecule has 0 spiro atoms. The van der Waals surface area contributed by atoms with Crippen molar-refractivity contribution in [1.82, 2.24) is 0 Å². The maximum Gasteiger partial charge on any atom is 0.123 e. The van der Waals surface area contributed by atoms with E-state index in [1.54, 1.807) is 48.5 Å². The molecule has 4 heteroatoms. The number of aromatic hydroxyl groups is 4. The van der Waals surface area contributed by atoms with E-state index in [4.69, 9.17) is 0 Å². The Bertz CT molecular complexity index is 1460. The first kappa shape index (κ1) is 24.0. The summed E-state index contributed by atoms with van der Waals surface area (Å²) in [6.07, 6.45) is 0.929. The molecule has 0 radical (unpaired) electrons. The van der Waals surface area contributed by atoms with E-state index in [1.165, 1.54) is 5.56 Å². The summed E-state index contributed by atoms with van der Waals surface area (Å²) in [6, 6.07) is 33.1. The number of hydrogen-bond acceptors (Lipinski definition) is 4. The Kier molecular flexibility index (Phi) is 6.57. The van der Waals surface area contributed by atoms with Crippen LogP contribution in [0.2, 0.25) is 0 Å². The van der Waals surface area contributed by atoms with Crippen LogP contribution in [-0.4, -0.2) is 20.4 Å². The van der Waals surface area contributed by atoms with Gasteiger partial charge in [0.15, 0.2) is 0 Å². The first-order valence-electron chi connectivity index (χ1n) is 12.3. The van der Waals surface area contributed by atoms with Gasteiger partial charge in [0.1, 0.15) is 23.0 Å². The molecule has 0 bridgehead atoms. The molecule has 0 aliphatic heterocycles. The molecule has 0 aliphatic rings. The number of rotatable bonds is 6. The van der Waals surface area contributed by atoms with Gasteiger partial charge < -0.3 is 20.4 Å². The smallest absolute Gasteiger partial charge is 0.123 e. The van der Waals surface area contributed by atoms with E-state index >= 15 is 0 Å². The summed E-state index contributed by atoms with van der Waals surface area (Å²) in [5, 5.41) is 42.3. The molecule has 4 nitrogen and oxygen atoms in total. The van der Waals surface area contributed by atoms with E-state index in [1.807, 2.05) is 36.4 Å². The van der Waals surface area contributed by atoms with Gasteiger partial charge in [0.05, 0.1) is 0 Å². The second-order valence-electron chi connectivity index (χ2n) is 9.12. The van der Waals surface area contributed by atoms with Crippen LogP contribution >= 0.6 is 0 Å². The summed E-state index contributed by atoms with van der Waals surface area (Å²) >= 11 is 0. The van der Waals surface area contributed by atoms with E-state index in [0.29, 0.717) is 22.3 Å². The van der Waals surface area contributed by atoms with Crippen LogP contribution in [0.5, 0.6) is 23.0 Å². The molecule has 0 saturated carbocycles. The minimum atomic E-state index is -0.235. The molecule has 0 saturated heterocycles. The minimum Gasteiger partial charge on any atom is -0.507 e. The highest BCUT2D eigenvalue weighted by atomic mass is 16.3. The van der Waals surface area contributed by atoms with Crippen LogP contribution in [-0.2, 0) is 6.42 Å². The van der Waals surface area contributed by atoms with Crippen molar-refractivity contribution < 1.29 is 20.4 Å². The van der Waals surface area contributed by atoms with E-state index in [9.17, 15) is 20.4 Å². The van der Waals surface area contributed by atoms with E-state index in [0.717, 1.165) is 23.1 Å². The molecule has 37 heavy (non-hydrogen) atoms. The molecule has 4 N–H and O–H groups in total. The number of phenolic OH excluding ortho intramolecular Hbond substituents is 4. The highest BCUT2D eigenvalue weighted by Gasteiger charge is 2.21. The fourth-order valence-corrected chi connectivity index (χ4v) is 4.82. The Labute approximate surface area is 216 Å². The summed E-state index contributed by atoms with van der Waals surface area (Å²) in [6.45, 7) is 2.11. The van der Waals surface area contributed by atoms with Crippen LogP contribution in [0.25, 0.3) is 22.3 Å². The molecule has 0 fully saturated rings. The Morgan fingerprint density at radius 2 is 0.865 bits per heavy atom. The number of hydrogen-bond donors (Lipinski definition) is 4. The SMILES string of the molecule is CCc1ccc(C(c2ccc(O)c(-c3ccccc3O)c2)c2ccc(O)c(-c3ccccc3O)c2)cc1. The zero-order valence-corrected chi connectivity index (χ0v) is 20.5. The van der Waals surface area contributed by atoms with Crippen LogP contribution in [0.3, 0.4) is 0 Å². The third-order valence-corrected chi connectivity index (χ3v) is 6.82. The molecule has 0 aromatic heterocycles. The summed E-state index contributed by atoms with van der Waals surface area (Å²) in [4.78, 5) is 0. The molecule has 5 aromatic rings. The van der Waals surface area contributed by atoms with Crippen molar-refractivity contribution in [1.29, 1.82) is 0 Å². The molecule has 184 valence electrons. The third-order valence-electron chi connectivity index (χ3n) is 6.82. The number of aryl methyl sites for hydroxylation is 1. The van der Waals surface area contributed by atoms with Gasteiger partial charge in [0, 0.05) is 28.2 Å². The maximum absolute atomic E-state index is 10.7. The van der Waals surface area contributed by atoms with Crippen molar-refractivity contribution in [3.8, 4) is 45.3 Å². The fourth-order valence-electron chi connectivity index (χ4n) is 4.82. The van der Waals surface area contributed by atoms with Gasteiger partial charge in [0.25, 0.3) is 0 Å². The summed E-state index contributed by atoms with van der Waals surface area (Å²) < 4.78 is 0. The molecule has 0 aliphatic carbocycles. The van der Waals surface area contributed by atoms with Gasteiger partial charge in [-0.05, 0) is 65.1 Å². The minimum absolute atomic E-state index is 0.0749. The van der Waals surface area contributed by atoms with Gasteiger partial charge in [-0.2, -0.15) is 0 Å². The molecule has 5 rings (SSSR count). The molecule has 0 heterocycles. The van der Waals surface area contributed by atoms with Crippen LogP contribution in [0.4, 0.5) is 0 Å². The Balaban J connectivity index is 1.71. The predicted octanol–water partition coefficient (Wildman–Crippen LogP) is 7.59. The monoisotopic (exact) mass is 488 g/mol. The Morgan fingerprint density at radius 3 is 1.30 bits per heavy atom. The number of para-hydroxylation sites is 2. The summed E-state index contributed by atoms with van der Waals surface area (Å²) in [7, 11) is 0. The quantitative estimate of drug-likeness (QED) is 0.186. The fraction of sp³-hybridized carbons (Fsp3) is 0.0909. The van der Waals surface area contributed by atoms with Crippen molar-refractivity contribution in [2.45, 2.75) is 19.3 Å². The zero-order chi connectivity index (χ0) is 25.9. The largest absolute Gasteiger partial charge is 0.507 e. The van der Waals surface area contributed by atoms with Gasteiger partial charge >= 0.3 is 0 Å². The van der Waals surface area contributed by atoms with E-state index < -0.39 is 0 Å². The zero-order valence-electron chi connectivity index (χ0n) is 20.5. The van der Waals surface area contributed by atoms with Gasteiger partial charge in [0.2, 0.25) is 0 Å². The van der Waals surface area contributed by atoms with Crippen LogP contribution in [0.15, 0.2) is 109 Å². The van der Waals surface area contributed by atoms with Crippen molar-refractivity contribution in [2.75, 3.05) is 0 Å². The van der Waals surface area contributed by atoms with Crippen molar-refractivity contribution >= 4 is 0 Å². The normalized spacial score (nSPS) is 11.1. The van der Waals surface area contributed by atoms with Gasteiger partial charge in [-0.1, -0.05) is 79.7 Å². The van der Waals surface area contributed by atoms with Gasteiger partial charge in [-0.25, -0.2) is 0 Å². The Morgan fingerprint density at radius 1 is 0.459 bits per heavy atom. The molecule has 0 amide bonds. The average molecular weight is 489 g/mol. The molecular weight excluding hydrogens is 460 g/mol. The van der Waals surface area contributed by atoms with Gasteiger partial charge in [-0.3, -0.25) is 0 Å². The highest BCUT2D eigenvalue weighted by Crippen LogP contribution is 2.43. The first-order chi connectivity index (χ1) is 18.0. The molecule has 0 unspecified atom stereocenters. The maximum atomic E-state index is 10.7. The lowest BCUT2D eigenvalue weighted by atomic mass is 9.82. The number of phenols is 4. The molecule has 0 atom stereocenters. The predicted molar refractivity (Wildman–Crippen MR) is 147 cm³/mol. The average Bonchev–Trinajstić information content (AvgIpc) is 2.92. The van der Waals surface area contributed by atoms with Crippen molar-refractivity contribution in [3.05, 3.63) is 131 Å². The van der Waals surface area contributed by atoms with E-state index in [2.05, 4.69) is 31.2 Å². The second kappa shape index (κ2) is 10.1. The second-order valence-corrected chi connectivity index (χ2v) is 9.12. The van der Waals surface area contributed by atoms with Crippen LogP contribution in [0, 0.1) is 0 Å². The van der Waals surface area contributed by atoms with E-state index in [-0.39, 0.29) is 28.9 Å².